The number of rotatable bonds is 12. The van der Waals surface area contributed by atoms with Crippen molar-refractivity contribution >= 4 is 100 Å². The molecule has 72 heavy (non-hydrogen) atoms. The summed E-state index contributed by atoms with van der Waals surface area (Å²) in [6.45, 7) is 21.8. The van der Waals surface area contributed by atoms with Gasteiger partial charge in [0.1, 0.15) is 0 Å². The largest absolute Gasteiger partial charge is 0.311 e. The van der Waals surface area contributed by atoms with Crippen molar-refractivity contribution in [2.45, 2.75) is 39.3 Å². The molecule has 0 radical (unpaired) electrons. The molecule has 0 saturated heterocycles. The fourth-order valence-electron chi connectivity index (χ4n) is 9.30. The van der Waals surface area contributed by atoms with Crippen LogP contribution in [0.15, 0.2) is 218 Å². The van der Waals surface area contributed by atoms with Crippen molar-refractivity contribution in [2.24, 2.45) is 0 Å². The van der Waals surface area contributed by atoms with Crippen LogP contribution < -0.4 is 20.2 Å². The van der Waals surface area contributed by atoms with E-state index >= 15 is 0 Å². The minimum absolute atomic E-state index is 0.625. The van der Waals surface area contributed by atoms with E-state index in [0.29, 0.717) is 11.3 Å². The molecule has 6 heteroatoms. The van der Waals surface area contributed by atoms with Gasteiger partial charge in [0.05, 0.1) is 34.4 Å². The van der Waals surface area contributed by atoms with Crippen LogP contribution in [0.4, 0.5) is 39.8 Å². The third-order valence-electron chi connectivity index (χ3n) is 13.6. The number of fused-ring (bicyclic) bond motifs is 2. The molecule has 0 aromatic heterocycles. The van der Waals surface area contributed by atoms with E-state index in [1.165, 1.54) is 31.9 Å². The Balaban J connectivity index is 0.836. The van der Waals surface area contributed by atoms with Gasteiger partial charge in [-0.15, -0.1) is 0 Å². The predicted octanol–water partition coefficient (Wildman–Crippen LogP) is 17.9. The minimum atomic E-state index is -1.44. The summed E-state index contributed by atoms with van der Waals surface area (Å²) in [7, 11) is -2.88. The molecule has 10 aromatic rings. The number of hydrogen-bond acceptors (Lipinski definition) is 3. The van der Waals surface area contributed by atoms with E-state index in [-0.39, 0.29) is 0 Å². The molecule has 4 nitrogen and oxygen atoms in total. The summed E-state index contributed by atoms with van der Waals surface area (Å²) < 4.78 is 0. The van der Waals surface area contributed by atoms with Crippen LogP contribution in [0.5, 0.6) is 0 Å². The Kier molecular flexibility index (Phi) is 12.9. The zero-order valence-electron chi connectivity index (χ0n) is 41.7. The highest BCUT2D eigenvalue weighted by atomic mass is 28.3. The second-order valence-corrected chi connectivity index (χ2v) is 30.8. The summed E-state index contributed by atoms with van der Waals surface area (Å²) in [6.07, 6.45) is 4.33. The van der Waals surface area contributed by atoms with Crippen LogP contribution in [0, 0.1) is 17.9 Å². The lowest BCUT2D eigenvalue weighted by Gasteiger charge is -2.26. The van der Waals surface area contributed by atoms with E-state index in [1.54, 1.807) is 0 Å². The molecule has 348 valence electrons. The standard InChI is InChI=1S/C66H56N4Si2/c1-68-58-28-38-62(39-29-58)70(64-37-25-57-45-66(72(5,6)7)41-27-55(57)43-64)61-34-22-53(23-35-61)51-18-12-48(13-19-51)9-8-47-10-16-50(17-11-47)52-20-32-60(33-21-52)69(59-30-14-49(46-67)15-31-59)63-36-24-56-44-65(71(2,3)4)40-26-54(56)42-63/h8-45H,2-7H3/b9-8+. The number of benzene rings is 10. The van der Waals surface area contributed by atoms with Crippen molar-refractivity contribution in [2.75, 3.05) is 9.80 Å². The summed E-state index contributed by atoms with van der Waals surface area (Å²) in [5.74, 6) is 0. The molecule has 0 amide bonds. The first-order chi connectivity index (χ1) is 34.8. The lowest BCUT2D eigenvalue weighted by molar-refractivity contribution is 1.29. The van der Waals surface area contributed by atoms with Crippen molar-refractivity contribution in [3.63, 3.8) is 0 Å². The van der Waals surface area contributed by atoms with E-state index in [9.17, 15) is 5.26 Å². The van der Waals surface area contributed by atoms with Crippen molar-refractivity contribution in [1.29, 1.82) is 5.26 Å². The quantitative estimate of drug-likeness (QED) is 0.0695. The molecule has 10 aromatic carbocycles. The van der Waals surface area contributed by atoms with E-state index in [0.717, 1.165) is 67.5 Å². The molecular weight excluding hydrogens is 905 g/mol. The summed E-state index contributed by atoms with van der Waals surface area (Å²) in [6, 6.07) is 80.1. The number of hydrogen-bond donors (Lipinski definition) is 0. The average molecular weight is 961 g/mol. The topological polar surface area (TPSA) is 34.6 Å². The van der Waals surface area contributed by atoms with E-state index in [2.05, 4.69) is 242 Å². The Labute approximate surface area is 426 Å². The zero-order chi connectivity index (χ0) is 50.0. The highest BCUT2D eigenvalue weighted by Crippen LogP contribution is 2.40. The molecule has 0 atom stereocenters. The molecule has 10 rings (SSSR count). The van der Waals surface area contributed by atoms with E-state index in [1.807, 2.05) is 48.5 Å². The second-order valence-electron chi connectivity index (χ2n) is 20.6. The van der Waals surface area contributed by atoms with Gasteiger partial charge in [0.2, 0.25) is 0 Å². The minimum Gasteiger partial charge on any atom is -0.311 e. The van der Waals surface area contributed by atoms with Crippen LogP contribution >= 0.6 is 0 Å². The number of nitrogens with zero attached hydrogens (tertiary/aromatic N) is 4. The van der Waals surface area contributed by atoms with Crippen LogP contribution in [0.25, 0.3) is 60.8 Å². The maximum Gasteiger partial charge on any atom is 0.187 e. The Morgan fingerprint density at radius 1 is 0.375 bits per heavy atom. The highest BCUT2D eigenvalue weighted by molar-refractivity contribution is 6.89. The third kappa shape index (κ3) is 10.2. The Hall–Kier alpha value is -8.53. The van der Waals surface area contributed by atoms with Gasteiger partial charge in [-0.2, -0.15) is 5.26 Å². The van der Waals surface area contributed by atoms with Crippen LogP contribution in [-0.2, 0) is 0 Å². The van der Waals surface area contributed by atoms with Gasteiger partial charge in [-0.25, -0.2) is 4.85 Å². The number of anilines is 6. The molecule has 0 spiro atoms. The van der Waals surface area contributed by atoms with Crippen molar-refractivity contribution in [3.8, 4) is 28.3 Å². The Bertz CT molecular complexity index is 3440. The second kappa shape index (κ2) is 19.7. The molecule has 0 N–H and O–H groups in total. The lowest BCUT2D eigenvalue weighted by Crippen LogP contribution is -2.37. The van der Waals surface area contributed by atoms with E-state index < -0.39 is 16.1 Å². The third-order valence-corrected chi connectivity index (χ3v) is 17.7. The van der Waals surface area contributed by atoms with Crippen LogP contribution in [0.1, 0.15) is 16.7 Å². The maximum absolute atomic E-state index is 9.52. The molecule has 0 aliphatic carbocycles. The van der Waals surface area contributed by atoms with Crippen molar-refractivity contribution in [3.05, 3.63) is 246 Å². The maximum atomic E-state index is 9.52. The van der Waals surface area contributed by atoms with Crippen LogP contribution in [0.3, 0.4) is 0 Å². The summed E-state index contributed by atoms with van der Waals surface area (Å²) >= 11 is 0. The van der Waals surface area contributed by atoms with E-state index in [4.69, 9.17) is 6.57 Å². The molecule has 0 unspecified atom stereocenters. The summed E-state index contributed by atoms with van der Waals surface area (Å²) in [5.41, 5.74) is 14.4. The fourth-order valence-corrected chi connectivity index (χ4v) is 11.6. The lowest BCUT2D eigenvalue weighted by atomic mass is 10.0. The first kappa shape index (κ1) is 47.2. The number of nitriles is 1. The highest BCUT2D eigenvalue weighted by Gasteiger charge is 2.20. The molecule has 0 fully saturated rings. The molecule has 0 aliphatic rings. The van der Waals surface area contributed by atoms with Gasteiger partial charge in [0.15, 0.2) is 5.69 Å². The summed E-state index contributed by atoms with van der Waals surface area (Å²) in [5, 5.41) is 17.4. The van der Waals surface area contributed by atoms with Gasteiger partial charge in [-0.05, 0) is 140 Å². The van der Waals surface area contributed by atoms with Gasteiger partial charge < -0.3 is 9.80 Å². The zero-order valence-corrected chi connectivity index (χ0v) is 43.7. The van der Waals surface area contributed by atoms with Gasteiger partial charge in [-0.1, -0.05) is 195 Å². The van der Waals surface area contributed by atoms with Crippen LogP contribution in [0.2, 0.25) is 39.3 Å². The van der Waals surface area contributed by atoms with Crippen molar-refractivity contribution < 1.29 is 0 Å². The van der Waals surface area contributed by atoms with Crippen molar-refractivity contribution in [1.82, 2.24) is 0 Å². The molecule has 0 bridgehead atoms. The Morgan fingerprint density at radius 3 is 1.03 bits per heavy atom. The Morgan fingerprint density at radius 2 is 0.681 bits per heavy atom. The molecule has 0 heterocycles. The van der Waals surface area contributed by atoms with Gasteiger partial charge >= 0.3 is 0 Å². The predicted molar refractivity (Wildman–Crippen MR) is 314 cm³/mol. The van der Waals surface area contributed by atoms with Gasteiger partial charge in [0.25, 0.3) is 0 Å². The van der Waals surface area contributed by atoms with Gasteiger partial charge in [-0.3, -0.25) is 0 Å². The first-order valence-electron chi connectivity index (χ1n) is 24.6. The SMILES string of the molecule is [C-]#[N+]c1ccc(N(c2ccc(-c3ccc(/C=C/c4ccc(-c5ccc(N(c6ccc(C#N)cc6)c6ccc7cc([Si](C)(C)C)ccc7c6)cc5)cc4)cc3)cc2)c2ccc3cc([Si](C)(C)C)ccc3c2)cc1. The summed E-state index contributed by atoms with van der Waals surface area (Å²) in [4.78, 5) is 8.16. The molecule has 0 aliphatic heterocycles. The van der Waals surface area contributed by atoms with Gasteiger partial charge in [0, 0.05) is 34.1 Å². The monoisotopic (exact) mass is 960 g/mol. The first-order valence-corrected chi connectivity index (χ1v) is 31.6. The molecular formula is C66H56N4Si2. The molecule has 0 saturated carbocycles. The normalized spacial score (nSPS) is 11.7. The smallest absolute Gasteiger partial charge is 0.187 e. The fraction of sp³-hybridized carbons (Fsp3) is 0.0909. The average Bonchev–Trinajstić information content (AvgIpc) is 3.40. The van der Waals surface area contributed by atoms with Crippen LogP contribution in [-0.4, -0.2) is 16.1 Å².